The summed E-state index contributed by atoms with van der Waals surface area (Å²) in [5.74, 6) is 1.46. The van der Waals surface area contributed by atoms with E-state index < -0.39 is 0 Å². The fourth-order valence-corrected chi connectivity index (χ4v) is 2.73. The zero-order valence-electron chi connectivity index (χ0n) is 10.3. The number of amides is 1. The third kappa shape index (κ3) is 4.73. The van der Waals surface area contributed by atoms with Gasteiger partial charge in [0.2, 0.25) is 5.91 Å². The van der Waals surface area contributed by atoms with Crippen LogP contribution in [0.25, 0.3) is 0 Å². The van der Waals surface area contributed by atoms with E-state index in [1.54, 1.807) is 0 Å². The van der Waals surface area contributed by atoms with Gasteiger partial charge in [0.15, 0.2) is 0 Å². The van der Waals surface area contributed by atoms with Gasteiger partial charge in [0, 0.05) is 18.3 Å². The van der Waals surface area contributed by atoms with E-state index in [0.717, 1.165) is 12.8 Å². The minimum Gasteiger partial charge on any atom is -0.353 e. The number of hydrogen-bond donors (Lipinski definition) is 1. The molecule has 2 nitrogen and oxygen atoms in total. The number of nitrogens with one attached hydrogen (secondary N) is 1. The molecule has 0 radical (unpaired) electrons. The van der Waals surface area contributed by atoms with Crippen molar-refractivity contribution in [2.45, 2.75) is 64.3 Å². The second-order valence-electron chi connectivity index (χ2n) is 4.77. The lowest BCUT2D eigenvalue weighted by molar-refractivity contribution is -0.122. The van der Waals surface area contributed by atoms with Crippen LogP contribution in [0.2, 0.25) is 0 Å². The zero-order chi connectivity index (χ0) is 11.8. The minimum absolute atomic E-state index is 0.179. The number of halogens is 1. The first-order valence-corrected chi connectivity index (χ1v) is 7.16. The second kappa shape index (κ2) is 7.94. The highest BCUT2D eigenvalue weighted by Gasteiger charge is 2.23. The number of alkyl halides is 1. The monoisotopic (exact) mass is 245 g/mol. The molecule has 1 N–H and O–H groups in total. The van der Waals surface area contributed by atoms with Crippen LogP contribution in [0.3, 0.4) is 0 Å². The molecule has 0 saturated heterocycles. The van der Waals surface area contributed by atoms with E-state index >= 15 is 0 Å². The molecule has 1 rings (SSSR count). The third-order valence-electron chi connectivity index (χ3n) is 3.54. The summed E-state index contributed by atoms with van der Waals surface area (Å²) in [6.45, 7) is 2.17. The van der Waals surface area contributed by atoms with Gasteiger partial charge < -0.3 is 5.32 Å². The largest absolute Gasteiger partial charge is 0.353 e. The summed E-state index contributed by atoms with van der Waals surface area (Å²) in [7, 11) is 0. The molecule has 1 aliphatic rings. The van der Waals surface area contributed by atoms with Crippen molar-refractivity contribution < 1.29 is 4.79 Å². The minimum atomic E-state index is 0.179. The smallest absolute Gasteiger partial charge is 0.220 e. The molecule has 1 fully saturated rings. The second-order valence-corrected chi connectivity index (χ2v) is 5.15. The van der Waals surface area contributed by atoms with Crippen LogP contribution in [0.5, 0.6) is 0 Å². The van der Waals surface area contributed by atoms with Crippen LogP contribution in [0.4, 0.5) is 0 Å². The van der Waals surface area contributed by atoms with E-state index in [1.165, 1.54) is 32.1 Å². The normalized spacial score (nSPS) is 19.4. The highest BCUT2D eigenvalue weighted by atomic mass is 35.5. The van der Waals surface area contributed by atoms with Gasteiger partial charge in [0.1, 0.15) is 0 Å². The molecule has 0 heterocycles. The molecule has 0 aromatic carbocycles. The topological polar surface area (TPSA) is 29.1 Å². The number of carbonyl (C=O) groups is 1. The summed E-state index contributed by atoms with van der Waals surface area (Å²) < 4.78 is 0. The quantitative estimate of drug-likeness (QED) is 0.714. The summed E-state index contributed by atoms with van der Waals surface area (Å²) in [5.41, 5.74) is 0. The Labute approximate surface area is 104 Å². The van der Waals surface area contributed by atoms with Crippen LogP contribution in [0.1, 0.15) is 58.3 Å². The molecule has 0 spiro atoms. The van der Waals surface area contributed by atoms with Gasteiger partial charge in [-0.25, -0.2) is 0 Å². The maximum Gasteiger partial charge on any atom is 0.220 e. The van der Waals surface area contributed by atoms with Crippen LogP contribution in [-0.2, 0) is 4.79 Å². The Morgan fingerprint density at radius 2 is 2.06 bits per heavy atom. The molecule has 1 unspecified atom stereocenters. The van der Waals surface area contributed by atoms with Crippen LogP contribution in [0, 0.1) is 5.92 Å². The van der Waals surface area contributed by atoms with Crippen molar-refractivity contribution in [2.24, 2.45) is 5.92 Å². The molecule has 0 aromatic heterocycles. The molecule has 0 aromatic rings. The molecule has 1 atom stereocenters. The molecule has 0 aliphatic heterocycles. The van der Waals surface area contributed by atoms with Gasteiger partial charge in [-0.1, -0.05) is 26.2 Å². The first kappa shape index (κ1) is 13.8. The summed E-state index contributed by atoms with van der Waals surface area (Å²) in [6, 6.07) is 0.392. The molecule has 3 heteroatoms. The Bertz CT molecular complexity index is 202. The maximum atomic E-state index is 11.6. The van der Waals surface area contributed by atoms with Crippen LogP contribution in [0.15, 0.2) is 0 Å². The van der Waals surface area contributed by atoms with Crippen LogP contribution >= 0.6 is 11.6 Å². The molecule has 16 heavy (non-hydrogen) atoms. The van der Waals surface area contributed by atoms with Crippen molar-refractivity contribution in [3.63, 3.8) is 0 Å². The molecule has 1 aliphatic carbocycles. The third-order valence-corrected chi connectivity index (χ3v) is 3.81. The lowest BCUT2D eigenvalue weighted by Crippen LogP contribution is -2.40. The van der Waals surface area contributed by atoms with Gasteiger partial charge in [-0.2, -0.15) is 0 Å². The lowest BCUT2D eigenvalue weighted by atomic mass is 9.83. The fraction of sp³-hybridized carbons (Fsp3) is 0.923. The van der Waals surface area contributed by atoms with E-state index in [0.29, 0.717) is 24.3 Å². The molecular formula is C13H24ClNO. The van der Waals surface area contributed by atoms with Gasteiger partial charge in [-0.3, -0.25) is 4.79 Å². The number of carbonyl (C=O) groups excluding carboxylic acids is 1. The van der Waals surface area contributed by atoms with Crippen molar-refractivity contribution >= 4 is 17.5 Å². The first-order valence-electron chi connectivity index (χ1n) is 6.63. The van der Waals surface area contributed by atoms with E-state index in [4.69, 9.17) is 11.6 Å². The van der Waals surface area contributed by atoms with E-state index in [-0.39, 0.29) is 5.91 Å². The Kier molecular flexibility index (Phi) is 6.86. The van der Waals surface area contributed by atoms with Gasteiger partial charge in [-0.15, -0.1) is 11.6 Å². The Hall–Kier alpha value is -0.240. The summed E-state index contributed by atoms with van der Waals surface area (Å²) in [6.07, 6.45) is 9.02. The van der Waals surface area contributed by atoms with E-state index in [9.17, 15) is 4.79 Å². The van der Waals surface area contributed by atoms with Gasteiger partial charge in [-0.05, 0) is 31.6 Å². The molecule has 1 amide bonds. The van der Waals surface area contributed by atoms with Crippen molar-refractivity contribution in [1.29, 1.82) is 0 Å². The Morgan fingerprint density at radius 3 is 2.62 bits per heavy atom. The summed E-state index contributed by atoms with van der Waals surface area (Å²) >= 11 is 5.58. The maximum absolute atomic E-state index is 11.6. The van der Waals surface area contributed by atoms with Crippen molar-refractivity contribution in [1.82, 2.24) is 5.32 Å². The van der Waals surface area contributed by atoms with Crippen molar-refractivity contribution in [3.05, 3.63) is 0 Å². The fourth-order valence-electron chi connectivity index (χ4n) is 2.60. The van der Waals surface area contributed by atoms with Crippen LogP contribution < -0.4 is 5.32 Å². The predicted octanol–water partition coefficient (Wildman–Crippen LogP) is 3.48. The Balaban J connectivity index is 2.32. The number of hydrogen-bond acceptors (Lipinski definition) is 1. The Morgan fingerprint density at radius 1 is 1.38 bits per heavy atom. The van der Waals surface area contributed by atoms with Gasteiger partial charge >= 0.3 is 0 Å². The molecule has 0 bridgehead atoms. The van der Waals surface area contributed by atoms with Gasteiger partial charge in [0.05, 0.1) is 0 Å². The lowest BCUT2D eigenvalue weighted by Gasteiger charge is -2.30. The van der Waals surface area contributed by atoms with E-state index in [1.807, 2.05) is 0 Å². The molecular weight excluding hydrogens is 222 g/mol. The zero-order valence-corrected chi connectivity index (χ0v) is 11.1. The van der Waals surface area contributed by atoms with Gasteiger partial charge in [0.25, 0.3) is 0 Å². The molecule has 1 saturated carbocycles. The average molecular weight is 246 g/mol. The standard InChI is InChI=1S/C13H24ClNO/c1-2-12(11-7-4-3-5-8-11)15-13(16)9-6-10-14/h11-12H,2-10H2,1H3,(H,15,16). The first-order chi connectivity index (χ1) is 7.77. The van der Waals surface area contributed by atoms with Crippen molar-refractivity contribution in [2.75, 3.05) is 5.88 Å². The summed E-state index contributed by atoms with van der Waals surface area (Å²) in [5, 5.41) is 3.17. The van der Waals surface area contributed by atoms with Crippen LogP contribution in [-0.4, -0.2) is 17.8 Å². The SMILES string of the molecule is CCC(NC(=O)CCCCl)C1CCCCC1. The highest BCUT2D eigenvalue weighted by molar-refractivity contribution is 6.17. The predicted molar refractivity (Wildman–Crippen MR) is 68.8 cm³/mol. The highest BCUT2D eigenvalue weighted by Crippen LogP contribution is 2.27. The average Bonchev–Trinajstić information content (AvgIpc) is 2.34. The van der Waals surface area contributed by atoms with E-state index in [2.05, 4.69) is 12.2 Å². The van der Waals surface area contributed by atoms with Crippen molar-refractivity contribution in [3.8, 4) is 0 Å². The number of rotatable bonds is 6. The molecule has 94 valence electrons. The summed E-state index contributed by atoms with van der Waals surface area (Å²) in [4.78, 5) is 11.6.